The molecule has 1 amide bonds. The molecule has 0 fully saturated rings. The highest BCUT2D eigenvalue weighted by molar-refractivity contribution is 7.71. The molecule has 2 rings (SSSR count). The first-order chi connectivity index (χ1) is 7.59. The SMILES string of the molecule is NC(=O)c1ccc(-n2c(=O)[nH][nH]c2=S)cc1. The summed E-state index contributed by atoms with van der Waals surface area (Å²) in [7, 11) is 0. The maximum Gasteiger partial charge on any atom is 0.347 e. The summed E-state index contributed by atoms with van der Waals surface area (Å²) in [5, 5.41) is 4.88. The van der Waals surface area contributed by atoms with Crippen LogP contribution in [0.4, 0.5) is 0 Å². The molecule has 0 unspecified atom stereocenters. The van der Waals surface area contributed by atoms with Gasteiger partial charge in [0.1, 0.15) is 0 Å². The lowest BCUT2D eigenvalue weighted by molar-refractivity contribution is 0.100. The summed E-state index contributed by atoms with van der Waals surface area (Å²) in [5.74, 6) is -0.516. The van der Waals surface area contributed by atoms with E-state index in [0.29, 0.717) is 11.3 Å². The third-order valence-electron chi connectivity index (χ3n) is 2.09. The number of aromatic nitrogens is 3. The zero-order chi connectivity index (χ0) is 11.7. The van der Waals surface area contributed by atoms with E-state index in [1.54, 1.807) is 12.1 Å². The van der Waals surface area contributed by atoms with Crippen LogP contribution in [-0.4, -0.2) is 20.7 Å². The van der Waals surface area contributed by atoms with Crippen LogP contribution in [0.2, 0.25) is 0 Å². The number of aromatic amines is 2. The predicted molar refractivity (Wildman–Crippen MR) is 60.1 cm³/mol. The Bertz CT molecular complexity index is 607. The van der Waals surface area contributed by atoms with Gasteiger partial charge in [0.25, 0.3) is 0 Å². The van der Waals surface area contributed by atoms with Crippen LogP contribution in [0.15, 0.2) is 29.1 Å². The minimum Gasteiger partial charge on any atom is -0.366 e. The standard InChI is InChI=1S/C9H8N4O2S/c10-7(14)5-1-3-6(4-2-5)13-8(15)11-12-9(13)16/h1-4H,(H2,10,14)(H,11,15)(H,12,16). The zero-order valence-electron chi connectivity index (χ0n) is 8.06. The summed E-state index contributed by atoms with van der Waals surface area (Å²) < 4.78 is 1.54. The number of carbonyl (C=O) groups excluding carboxylic acids is 1. The molecule has 4 N–H and O–H groups in total. The van der Waals surface area contributed by atoms with Crippen LogP contribution in [0.5, 0.6) is 0 Å². The molecule has 82 valence electrons. The molecular weight excluding hydrogens is 228 g/mol. The number of carbonyl (C=O) groups is 1. The summed E-state index contributed by atoms with van der Waals surface area (Å²) in [5.41, 5.74) is 5.68. The number of nitrogens with one attached hydrogen (secondary N) is 2. The quantitative estimate of drug-likeness (QED) is 0.655. The van der Waals surface area contributed by atoms with Crippen LogP contribution in [0.3, 0.4) is 0 Å². The Morgan fingerprint density at radius 1 is 1.25 bits per heavy atom. The number of rotatable bonds is 2. The molecule has 1 aromatic carbocycles. The largest absolute Gasteiger partial charge is 0.366 e. The highest BCUT2D eigenvalue weighted by Crippen LogP contribution is 2.07. The molecule has 0 atom stereocenters. The molecule has 0 aliphatic heterocycles. The van der Waals surface area contributed by atoms with Gasteiger partial charge >= 0.3 is 5.69 Å². The summed E-state index contributed by atoms with van der Waals surface area (Å²) in [6.45, 7) is 0. The van der Waals surface area contributed by atoms with Crippen molar-refractivity contribution in [1.29, 1.82) is 0 Å². The average molecular weight is 236 g/mol. The van der Waals surface area contributed by atoms with Gasteiger partial charge in [-0.05, 0) is 36.5 Å². The second-order valence-corrected chi connectivity index (χ2v) is 3.49. The van der Waals surface area contributed by atoms with E-state index in [2.05, 4.69) is 10.2 Å². The lowest BCUT2D eigenvalue weighted by Gasteiger charge is -2.00. The molecule has 7 heteroatoms. The molecule has 0 saturated heterocycles. The summed E-state index contributed by atoms with van der Waals surface area (Å²) in [6, 6.07) is 6.26. The smallest absolute Gasteiger partial charge is 0.347 e. The lowest BCUT2D eigenvalue weighted by Crippen LogP contribution is -2.15. The maximum absolute atomic E-state index is 11.4. The van der Waals surface area contributed by atoms with Crippen LogP contribution >= 0.6 is 12.2 Å². The van der Waals surface area contributed by atoms with Crippen molar-refractivity contribution in [3.05, 3.63) is 45.1 Å². The molecule has 0 aliphatic carbocycles. The number of H-pyrrole nitrogens is 2. The van der Waals surface area contributed by atoms with Crippen LogP contribution in [0.25, 0.3) is 5.69 Å². The molecule has 2 aromatic rings. The molecule has 16 heavy (non-hydrogen) atoms. The Kier molecular flexibility index (Phi) is 2.45. The van der Waals surface area contributed by atoms with Crippen molar-refractivity contribution in [2.24, 2.45) is 5.73 Å². The molecule has 0 spiro atoms. The monoisotopic (exact) mass is 236 g/mol. The van der Waals surface area contributed by atoms with Gasteiger partial charge in [0.05, 0.1) is 5.69 Å². The van der Waals surface area contributed by atoms with E-state index in [1.807, 2.05) is 0 Å². The van der Waals surface area contributed by atoms with Gasteiger partial charge in [0, 0.05) is 5.56 Å². The second-order valence-electron chi connectivity index (χ2n) is 3.11. The topological polar surface area (TPSA) is 96.7 Å². The number of hydrogen-bond acceptors (Lipinski definition) is 3. The highest BCUT2D eigenvalue weighted by atomic mass is 32.1. The van der Waals surface area contributed by atoms with Gasteiger partial charge in [-0.1, -0.05) is 0 Å². The van der Waals surface area contributed by atoms with E-state index in [-0.39, 0.29) is 10.5 Å². The third-order valence-corrected chi connectivity index (χ3v) is 2.38. The Morgan fingerprint density at radius 3 is 2.31 bits per heavy atom. The van der Waals surface area contributed by atoms with E-state index in [9.17, 15) is 9.59 Å². The Labute approximate surface area is 94.7 Å². The number of hydrogen-bond donors (Lipinski definition) is 3. The van der Waals surface area contributed by atoms with E-state index in [0.717, 1.165) is 0 Å². The molecule has 6 nitrogen and oxygen atoms in total. The number of nitrogens with two attached hydrogens (primary N) is 1. The van der Waals surface area contributed by atoms with Crippen LogP contribution in [0, 0.1) is 4.77 Å². The summed E-state index contributed by atoms with van der Waals surface area (Å²) >= 11 is 4.92. The first-order valence-corrected chi connectivity index (χ1v) is 4.80. The molecule has 1 heterocycles. The molecule has 0 bridgehead atoms. The van der Waals surface area contributed by atoms with Crippen molar-refractivity contribution in [3.63, 3.8) is 0 Å². The Balaban J connectivity index is 2.55. The van der Waals surface area contributed by atoms with Gasteiger partial charge in [-0.3, -0.25) is 9.89 Å². The van der Waals surface area contributed by atoms with E-state index < -0.39 is 5.91 Å². The molecule has 1 aromatic heterocycles. The fraction of sp³-hybridized carbons (Fsp3) is 0. The van der Waals surface area contributed by atoms with Gasteiger partial charge in [0.2, 0.25) is 10.7 Å². The van der Waals surface area contributed by atoms with Crippen LogP contribution in [0.1, 0.15) is 10.4 Å². The van der Waals surface area contributed by atoms with Gasteiger partial charge in [0.15, 0.2) is 0 Å². The predicted octanol–water partition coefficient (Wildman–Crippen LogP) is 0.322. The normalized spacial score (nSPS) is 10.2. The van der Waals surface area contributed by atoms with Crippen LogP contribution in [-0.2, 0) is 0 Å². The van der Waals surface area contributed by atoms with Crippen LogP contribution < -0.4 is 11.4 Å². The molecule has 0 saturated carbocycles. The van der Waals surface area contributed by atoms with Crippen molar-refractivity contribution in [2.75, 3.05) is 0 Å². The molecule has 0 aliphatic rings. The summed E-state index contributed by atoms with van der Waals surface area (Å²) in [6.07, 6.45) is 0. The first kappa shape index (κ1) is 10.4. The number of nitrogens with zero attached hydrogens (tertiary/aromatic N) is 1. The van der Waals surface area contributed by atoms with E-state index in [1.165, 1.54) is 16.7 Å². The molecule has 0 radical (unpaired) electrons. The number of amides is 1. The minimum absolute atomic E-state index is 0.261. The highest BCUT2D eigenvalue weighted by Gasteiger charge is 2.04. The first-order valence-electron chi connectivity index (χ1n) is 4.39. The van der Waals surface area contributed by atoms with Crippen molar-refractivity contribution >= 4 is 18.1 Å². The van der Waals surface area contributed by atoms with Gasteiger partial charge in [-0.2, -0.15) is 0 Å². The van der Waals surface area contributed by atoms with Crippen molar-refractivity contribution in [1.82, 2.24) is 14.8 Å². The number of primary amides is 1. The second kappa shape index (κ2) is 3.78. The Hall–Kier alpha value is -2.15. The third kappa shape index (κ3) is 1.68. The van der Waals surface area contributed by atoms with Crippen molar-refractivity contribution < 1.29 is 4.79 Å². The summed E-state index contributed by atoms with van der Waals surface area (Å²) in [4.78, 5) is 22.2. The maximum atomic E-state index is 11.4. The Morgan fingerprint density at radius 2 is 1.88 bits per heavy atom. The van der Waals surface area contributed by atoms with Gasteiger partial charge in [-0.25, -0.2) is 14.5 Å². The molecular formula is C9H8N4O2S. The minimum atomic E-state index is -0.516. The van der Waals surface area contributed by atoms with Gasteiger partial charge in [-0.15, -0.1) is 0 Å². The number of benzene rings is 1. The fourth-order valence-electron chi connectivity index (χ4n) is 1.32. The fourth-order valence-corrected chi connectivity index (χ4v) is 1.56. The van der Waals surface area contributed by atoms with Crippen molar-refractivity contribution in [2.45, 2.75) is 0 Å². The van der Waals surface area contributed by atoms with Gasteiger partial charge < -0.3 is 5.73 Å². The van der Waals surface area contributed by atoms with Crippen molar-refractivity contribution in [3.8, 4) is 5.69 Å². The van der Waals surface area contributed by atoms with E-state index in [4.69, 9.17) is 18.0 Å². The lowest BCUT2D eigenvalue weighted by atomic mass is 10.2. The average Bonchev–Trinajstić information content (AvgIpc) is 2.59. The zero-order valence-corrected chi connectivity index (χ0v) is 8.88. The van der Waals surface area contributed by atoms with E-state index >= 15 is 0 Å².